The molecule has 1 saturated heterocycles. The maximum atomic E-state index is 12.4. The second-order valence-corrected chi connectivity index (χ2v) is 6.07. The first-order valence-electron chi connectivity index (χ1n) is 8.65. The molecular weight excluding hydrogens is 334 g/mol. The Kier molecular flexibility index (Phi) is 5.68. The van der Waals surface area contributed by atoms with Crippen LogP contribution in [0, 0.1) is 0 Å². The van der Waals surface area contributed by atoms with Gasteiger partial charge in [-0.2, -0.15) is 0 Å². The molecular formula is C19H21N3O4. The fourth-order valence-corrected chi connectivity index (χ4v) is 2.89. The van der Waals surface area contributed by atoms with E-state index in [2.05, 4.69) is 10.6 Å². The van der Waals surface area contributed by atoms with Crippen molar-refractivity contribution >= 4 is 23.4 Å². The molecule has 1 aliphatic heterocycles. The molecule has 7 heteroatoms. The standard InChI is InChI=1S/C19H21N3O4/c23-17-9-3-11-22(17)12-5-10-20-18(24)14-6-1-2-7-15(14)21-19(25)16-8-4-13-26-16/h1-2,4,6-8,13H,3,5,9-12H2,(H,20,24)(H,21,25). The molecule has 0 unspecified atom stereocenters. The summed E-state index contributed by atoms with van der Waals surface area (Å²) in [6.45, 7) is 1.91. The lowest BCUT2D eigenvalue weighted by molar-refractivity contribution is -0.127. The van der Waals surface area contributed by atoms with Gasteiger partial charge in [0, 0.05) is 26.1 Å². The third-order valence-electron chi connectivity index (χ3n) is 4.23. The summed E-state index contributed by atoms with van der Waals surface area (Å²) in [7, 11) is 0. The molecule has 0 saturated carbocycles. The molecule has 0 bridgehead atoms. The summed E-state index contributed by atoms with van der Waals surface area (Å²) in [6.07, 6.45) is 3.64. The first kappa shape index (κ1) is 17.7. The van der Waals surface area contributed by atoms with Crippen LogP contribution in [0.25, 0.3) is 0 Å². The molecule has 3 rings (SSSR count). The van der Waals surface area contributed by atoms with Gasteiger partial charge in [-0.05, 0) is 37.1 Å². The molecule has 2 heterocycles. The van der Waals surface area contributed by atoms with Crippen LogP contribution in [0.1, 0.15) is 40.2 Å². The van der Waals surface area contributed by atoms with E-state index in [4.69, 9.17) is 4.42 Å². The number of nitrogens with zero attached hydrogens (tertiary/aromatic N) is 1. The van der Waals surface area contributed by atoms with E-state index in [1.165, 1.54) is 6.26 Å². The fraction of sp³-hybridized carbons (Fsp3) is 0.316. The van der Waals surface area contributed by atoms with Crippen molar-refractivity contribution in [3.05, 3.63) is 54.0 Å². The Morgan fingerprint density at radius 2 is 1.96 bits per heavy atom. The van der Waals surface area contributed by atoms with Gasteiger partial charge in [0.05, 0.1) is 17.5 Å². The van der Waals surface area contributed by atoms with Crippen LogP contribution < -0.4 is 10.6 Å². The van der Waals surface area contributed by atoms with Crippen LogP contribution in [-0.4, -0.2) is 42.3 Å². The Morgan fingerprint density at radius 1 is 1.12 bits per heavy atom. The second kappa shape index (κ2) is 8.33. The first-order chi connectivity index (χ1) is 12.6. The number of anilines is 1. The highest BCUT2D eigenvalue weighted by molar-refractivity contribution is 6.07. The molecule has 1 aromatic heterocycles. The third-order valence-corrected chi connectivity index (χ3v) is 4.23. The van der Waals surface area contributed by atoms with E-state index in [1.54, 1.807) is 36.4 Å². The molecule has 0 spiro atoms. The summed E-state index contributed by atoms with van der Waals surface area (Å²) in [5, 5.41) is 5.52. The smallest absolute Gasteiger partial charge is 0.291 e. The number of carbonyl (C=O) groups excluding carboxylic acids is 3. The van der Waals surface area contributed by atoms with Crippen LogP contribution >= 0.6 is 0 Å². The minimum absolute atomic E-state index is 0.176. The minimum Gasteiger partial charge on any atom is -0.459 e. The predicted molar refractivity (Wildman–Crippen MR) is 95.9 cm³/mol. The molecule has 1 aromatic carbocycles. The van der Waals surface area contributed by atoms with Crippen LogP contribution in [0.5, 0.6) is 0 Å². The molecule has 26 heavy (non-hydrogen) atoms. The zero-order valence-electron chi connectivity index (χ0n) is 14.4. The molecule has 2 N–H and O–H groups in total. The van der Waals surface area contributed by atoms with E-state index in [-0.39, 0.29) is 17.6 Å². The molecule has 0 radical (unpaired) electrons. The molecule has 0 aliphatic carbocycles. The average Bonchev–Trinajstić information content (AvgIpc) is 3.31. The number of para-hydroxylation sites is 1. The second-order valence-electron chi connectivity index (χ2n) is 6.07. The lowest BCUT2D eigenvalue weighted by Gasteiger charge is -2.15. The van der Waals surface area contributed by atoms with Gasteiger partial charge in [0.1, 0.15) is 0 Å². The third kappa shape index (κ3) is 4.30. The van der Waals surface area contributed by atoms with Crippen LogP contribution in [-0.2, 0) is 4.79 Å². The molecule has 136 valence electrons. The van der Waals surface area contributed by atoms with Gasteiger partial charge in [-0.25, -0.2) is 0 Å². The van der Waals surface area contributed by atoms with Crippen molar-refractivity contribution in [1.29, 1.82) is 0 Å². The highest BCUT2D eigenvalue weighted by Crippen LogP contribution is 2.16. The Labute approximate surface area is 151 Å². The molecule has 2 aromatic rings. The number of amides is 3. The monoisotopic (exact) mass is 355 g/mol. The Morgan fingerprint density at radius 3 is 2.69 bits per heavy atom. The number of carbonyl (C=O) groups is 3. The van der Waals surface area contributed by atoms with Gasteiger partial charge in [-0.15, -0.1) is 0 Å². The molecule has 1 fully saturated rings. The van der Waals surface area contributed by atoms with Gasteiger partial charge in [-0.3, -0.25) is 14.4 Å². The Bertz CT molecular complexity index is 786. The molecule has 3 amide bonds. The first-order valence-corrected chi connectivity index (χ1v) is 8.65. The zero-order chi connectivity index (χ0) is 18.4. The number of rotatable bonds is 7. The van der Waals surface area contributed by atoms with Crippen molar-refractivity contribution in [3.63, 3.8) is 0 Å². The Hall–Kier alpha value is -3.09. The van der Waals surface area contributed by atoms with Gasteiger partial charge in [0.25, 0.3) is 11.8 Å². The van der Waals surface area contributed by atoms with Gasteiger partial charge >= 0.3 is 0 Å². The van der Waals surface area contributed by atoms with Crippen molar-refractivity contribution in [1.82, 2.24) is 10.2 Å². The summed E-state index contributed by atoms with van der Waals surface area (Å²) < 4.78 is 5.06. The maximum Gasteiger partial charge on any atom is 0.291 e. The topological polar surface area (TPSA) is 91.7 Å². The van der Waals surface area contributed by atoms with Gasteiger partial charge in [0.2, 0.25) is 5.91 Å². The number of hydrogen-bond acceptors (Lipinski definition) is 4. The zero-order valence-corrected chi connectivity index (χ0v) is 14.4. The lowest BCUT2D eigenvalue weighted by atomic mass is 10.1. The van der Waals surface area contributed by atoms with E-state index in [1.807, 2.05) is 4.90 Å². The van der Waals surface area contributed by atoms with E-state index in [9.17, 15) is 14.4 Å². The quantitative estimate of drug-likeness (QED) is 0.746. The fourth-order valence-electron chi connectivity index (χ4n) is 2.89. The Balaban J connectivity index is 1.54. The number of benzene rings is 1. The van der Waals surface area contributed by atoms with E-state index in [0.29, 0.717) is 37.2 Å². The summed E-state index contributed by atoms with van der Waals surface area (Å²) in [5.41, 5.74) is 0.797. The van der Waals surface area contributed by atoms with Crippen molar-refractivity contribution in [3.8, 4) is 0 Å². The van der Waals surface area contributed by atoms with Crippen molar-refractivity contribution in [2.75, 3.05) is 25.0 Å². The van der Waals surface area contributed by atoms with Crippen LogP contribution in [0.3, 0.4) is 0 Å². The average molecular weight is 355 g/mol. The largest absolute Gasteiger partial charge is 0.459 e. The number of hydrogen-bond donors (Lipinski definition) is 2. The molecule has 7 nitrogen and oxygen atoms in total. The van der Waals surface area contributed by atoms with Crippen molar-refractivity contribution < 1.29 is 18.8 Å². The predicted octanol–water partition coefficient (Wildman–Crippen LogP) is 2.27. The summed E-state index contributed by atoms with van der Waals surface area (Å²) in [5.74, 6) is -0.325. The van der Waals surface area contributed by atoms with Crippen molar-refractivity contribution in [2.45, 2.75) is 19.3 Å². The SMILES string of the molecule is O=C(Nc1ccccc1C(=O)NCCCN1CCCC1=O)c1ccco1. The summed E-state index contributed by atoms with van der Waals surface area (Å²) >= 11 is 0. The normalized spacial score (nSPS) is 13.7. The van der Waals surface area contributed by atoms with E-state index in [0.717, 1.165) is 13.0 Å². The van der Waals surface area contributed by atoms with Gasteiger partial charge in [0.15, 0.2) is 5.76 Å². The van der Waals surface area contributed by atoms with Gasteiger partial charge < -0.3 is 20.0 Å². The minimum atomic E-state index is -0.414. The van der Waals surface area contributed by atoms with E-state index >= 15 is 0 Å². The lowest BCUT2D eigenvalue weighted by Crippen LogP contribution is -2.31. The van der Waals surface area contributed by atoms with Gasteiger partial charge in [-0.1, -0.05) is 12.1 Å². The molecule has 1 aliphatic rings. The summed E-state index contributed by atoms with van der Waals surface area (Å²) in [6, 6.07) is 9.97. The highest BCUT2D eigenvalue weighted by Gasteiger charge is 2.19. The number of likely N-dealkylation sites (tertiary alicyclic amines) is 1. The number of nitrogens with one attached hydrogen (secondary N) is 2. The maximum absolute atomic E-state index is 12.4. The number of furan rings is 1. The van der Waals surface area contributed by atoms with Crippen LogP contribution in [0.15, 0.2) is 47.1 Å². The van der Waals surface area contributed by atoms with Crippen LogP contribution in [0.4, 0.5) is 5.69 Å². The molecule has 0 atom stereocenters. The highest BCUT2D eigenvalue weighted by atomic mass is 16.3. The van der Waals surface area contributed by atoms with Crippen molar-refractivity contribution in [2.24, 2.45) is 0 Å². The van der Waals surface area contributed by atoms with E-state index < -0.39 is 5.91 Å². The van der Waals surface area contributed by atoms with Crippen LogP contribution in [0.2, 0.25) is 0 Å². The summed E-state index contributed by atoms with van der Waals surface area (Å²) in [4.78, 5) is 37.9.